The van der Waals surface area contributed by atoms with E-state index < -0.39 is 28.3 Å². The Morgan fingerprint density at radius 2 is 1.92 bits per heavy atom. The number of hydrogen-bond acceptors (Lipinski definition) is 5. The fourth-order valence-corrected chi connectivity index (χ4v) is 9.43. The molecule has 1 aromatic heterocycles. The number of aliphatic hydroxyl groups excluding tert-OH is 2. The van der Waals surface area contributed by atoms with Crippen LogP contribution in [0.2, 0.25) is 5.15 Å². The number of aromatic nitrogens is 1. The van der Waals surface area contributed by atoms with Crippen LogP contribution in [0.1, 0.15) is 51.0 Å². The van der Waals surface area contributed by atoms with Gasteiger partial charge in [0.05, 0.1) is 22.2 Å². The maximum Gasteiger partial charge on any atom is 0.136 e. The summed E-state index contributed by atoms with van der Waals surface area (Å²) in [6.07, 6.45) is 9.36. The van der Waals surface area contributed by atoms with Crippen LogP contribution in [0.5, 0.6) is 0 Å². The average molecular weight is 542 g/mol. The summed E-state index contributed by atoms with van der Waals surface area (Å²) in [6, 6.07) is 8.34. The number of pyridine rings is 1. The van der Waals surface area contributed by atoms with Gasteiger partial charge in [-0.1, -0.05) is 42.8 Å². The number of hydrogen-bond donors (Lipinski definition) is 2. The number of allylic oxidation sites excluding steroid dienone is 2. The van der Waals surface area contributed by atoms with Gasteiger partial charge in [0.1, 0.15) is 11.3 Å². The lowest BCUT2D eigenvalue weighted by atomic mass is 9.54. The Kier molecular flexibility index (Phi) is 5.18. The van der Waals surface area contributed by atoms with E-state index in [0.717, 1.165) is 48.4 Å². The van der Waals surface area contributed by atoms with Gasteiger partial charge in [-0.2, -0.15) is 0 Å². The predicted octanol–water partition coefficient (Wildman–Crippen LogP) is 5.35. The third kappa shape index (κ3) is 3.05. The van der Waals surface area contributed by atoms with Crippen molar-refractivity contribution in [2.45, 2.75) is 79.8 Å². The maximum absolute atomic E-state index is 11.2. The largest absolute Gasteiger partial charge is 0.388 e. The minimum atomic E-state index is -0.964. The molecule has 1 aromatic carbocycles. The fraction of sp³-hybridized carbons (Fsp3) is 0.567. The summed E-state index contributed by atoms with van der Waals surface area (Å²) in [6.45, 7) is 2.38. The SMILES string of the molecule is CN(C)C1CC23CCC4(O2)C2CC=C(c5ccc6ccnc(Cl)c6c5)C2(C)CCC4(Cl)C=C3C(O)C1O. The highest BCUT2D eigenvalue weighted by molar-refractivity contribution is 6.34. The highest BCUT2D eigenvalue weighted by atomic mass is 35.5. The van der Waals surface area contributed by atoms with Gasteiger partial charge in [0.2, 0.25) is 0 Å². The number of aliphatic hydroxyl groups is 2. The summed E-state index contributed by atoms with van der Waals surface area (Å²) in [5.74, 6) is 0.222. The molecule has 7 heteroatoms. The van der Waals surface area contributed by atoms with Gasteiger partial charge < -0.3 is 19.8 Å². The average Bonchev–Trinajstić information content (AvgIpc) is 3.40. The van der Waals surface area contributed by atoms with Gasteiger partial charge in [0.25, 0.3) is 0 Å². The number of benzene rings is 1. The fourth-order valence-electron chi connectivity index (χ4n) is 8.73. The lowest BCUT2D eigenvalue weighted by Gasteiger charge is -2.61. The van der Waals surface area contributed by atoms with Crippen molar-refractivity contribution >= 4 is 39.5 Å². The Bertz CT molecular complexity index is 1380. The molecule has 0 radical (unpaired) electrons. The molecule has 2 aliphatic heterocycles. The van der Waals surface area contributed by atoms with Crippen LogP contribution in [-0.2, 0) is 4.74 Å². The first-order chi connectivity index (χ1) is 17.5. The molecule has 7 rings (SSSR count). The molecule has 0 amide bonds. The molecular weight excluding hydrogens is 507 g/mol. The summed E-state index contributed by atoms with van der Waals surface area (Å²) in [4.78, 5) is 5.61. The third-order valence-electron chi connectivity index (χ3n) is 10.7. The Hall–Kier alpha value is -1.47. The second kappa shape index (κ2) is 7.80. The van der Waals surface area contributed by atoms with Crippen LogP contribution < -0.4 is 0 Å². The van der Waals surface area contributed by atoms with Crippen molar-refractivity contribution in [3.05, 3.63) is 58.9 Å². The van der Waals surface area contributed by atoms with Crippen LogP contribution in [0.4, 0.5) is 0 Å². The van der Waals surface area contributed by atoms with Crippen LogP contribution in [0.15, 0.2) is 48.2 Å². The van der Waals surface area contributed by atoms with E-state index in [1.807, 2.05) is 25.1 Å². The highest BCUT2D eigenvalue weighted by Gasteiger charge is 2.73. The topological polar surface area (TPSA) is 65.8 Å². The quantitative estimate of drug-likeness (QED) is 0.305. The number of ether oxygens (including phenoxy) is 1. The van der Waals surface area contributed by atoms with Crippen molar-refractivity contribution in [3.8, 4) is 0 Å². The lowest BCUT2D eigenvalue weighted by Crippen LogP contribution is -2.68. The monoisotopic (exact) mass is 540 g/mol. The molecule has 196 valence electrons. The first-order valence-electron chi connectivity index (χ1n) is 13.4. The Balaban J connectivity index is 1.30. The number of rotatable bonds is 2. The molecule has 2 spiro atoms. The zero-order valence-electron chi connectivity index (χ0n) is 21.5. The minimum Gasteiger partial charge on any atom is -0.388 e. The minimum absolute atomic E-state index is 0.0919. The summed E-state index contributed by atoms with van der Waals surface area (Å²) < 4.78 is 7.27. The number of nitrogens with zero attached hydrogens (tertiary/aromatic N) is 2. The number of halogens is 2. The van der Waals surface area contributed by atoms with Crippen molar-refractivity contribution in [3.63, 3.8) is 0 Å². The van der Waals surface area contributed by atoms with Crippen LogP contribution in [0.3, 0.4) is 0 Å². The molecule has 2 saturated carbocycles. The lowest BCUT2D eigenvalue weighted by molar-refractivity contribution is -0.199. The number of fused-ring (bicyclic) bond motifs is 2. The van der Waals surface area contributed by atoms with E-state index in [2.05, 4.69) is 42.3 Å². The van der Waals surface area contributed by atoms with Crippen molar-refractivity contribution in [2.24, 2.45) is 11.3 Å². The molecule has 3 heterocycles. The van der Waals surface area contributed by atoms with Crippen LogP contribution in [0, 0.1) is 11.3 Å². The van der Waals surface area contributed by atoms with Gasteiger partial charge in [-0.05, 0) is 92.3 Å². The second-order valence-electron chi connectivity index (χ2n) is 12.5. The summed E-state index contributed by atoms with van der Waals surface area (Å²) in [5, 5.41) is 24.8. The first kappa shape index (κ1) is 24.6. The van der Waals surface area contributed by atoms with Gasteiger partial charge in [-0.3, -0.25) is 0 Å². The van der Waals surface area contributed by atoms with Gasteiger partial charge in [-0.15, -0.1) is 11.6 Å². The van der Waals surface area contributed by atoms with E-state index in [-0.39, 0.29) is 17.4 Å². The second-order valence-corrected chi connectivity index (χ2v) is 13.5. The molecular formula is C30H34Cl2N2O3. The van der Waals surface area contributed by atoms with E-state index in [1.165, 1.54) is 11.1 Å². The van der Waals surface area contributed by atoms with Crippen LogP contribution in [-0.4, -0.2) is 68.5 Å². The third-order valence-corrected chi connectivity index (χ3v) is 11.6. The Labute approximate surface area is 228 Å². The van der Waals surface area contributed by atoms with Gasteiger partial charge in [0.15, 0.2) is 0 Å². The first-order valence-corrected chi connectivity index (χ1v) is 14.2. The Morgan fingerprint density at radius 3 is 2.70 bits per heavy atom. The van der Waals surface area contributed by atoms with Gasteiger partial charge >= 0.3 is 0 Å². The predicted molar refractivity (Wildman–Crippen MR) is 147 cm³/mol. The zero-order chi connectivity index (χ0) is 26.0. The molecule has 5 nitrogen and oxygen atoms in total. The van der Waals surface area contributed by atoms with Gasteiger partial charge in [0, 0.05) is 23.5 Å². The van der Waals surface area contributed by atoms with E-state index in [1.54, 1.807) is 6.20 Å². The Morgan fingerprint density at radius 1 is 1.11 bits per heavy atom. The maximum atomic E-state index is 11.2. The van der Waals surface area contributed by atoms with E-state index in [9.17, 15) is 10.2 Å². The standard InChI is InChI=1S/C30H34Cl2N2O3/c1-27-9-11-29(32)15-21-24(35)25(36)22(34(2)3)16-28(21)10-12-30(29,37-28)23(27)7-6-20(27)18-5-4-17-8-13-33-26(31)19(17)14-18/h4-6,8,13-15,22-25,35-36H,7,9-12,16H2,1-3H3. The molecule has 5 aliphatic rings. The van der Waals surface area contributed by atoms with Crippen LogP contribution in [0.25, 0.3) is 16.3 Å². The molecule has 2 aromatic rings. The molecule has 3 fully saturated rings. The van der Waals surface area contributed by atoms with E-state index in [4.69, 9.17) is 27.9 Å². The van der Waals surface area contributed by atoms with E-state index >= 15 is 0 Å². The summed E-state index contributed by atoms with van der Waals surface area (Å²) in [5.41, 5.74) is 2.15. The molecule has 8 atom stereocenters. The molecule has 2 bridgehead atoms. The van der Waals surface area contributed by atoms with Crippen molar-refractivity contribution in [1.82, 2.24) is 9.88 Å². The van der Waals surface area contributed by atoms with Crippen LogP contribution >= 0.6 is 23.2 Å². The molecule has 8 unspecified atom stereocenters. The number of alkyl halides is 1. The van der Waals surface area contributed by atoms with Gasteiger partial charge in [-0.25, -0.2) is 4.98 Å². The van der Waals surface area contributed by atoms with Crippen molar-refractivity contribution in [2.75, 3.05) is 14.1 Å². The number of likely N-dealkylation sites (N-methyl/N-ethyl adjacent to an activating group) is 1. The molecule has 1 saturated heterocycles. The van der Waals surface area contributed by atoms with Crippen molar-refractivity contribution in [1.29, 1.82) is 0 Å². The molecule has 37 heavy (non-hydrogen) atoms. The normalized spacial score (nSPS) is 44.3. The smallest absolute Gasteiger partial charge is 0.136 e. The zero-order valence-corrected chi connectivity index (χ0v) is 23.1. The summed E-state index contributed by atoms with van der Waals surface area (Å²) >= 11 is 14.0. The molecule has 2 N–H and O–H groups in total. The van der Waals surface area contributed by atoms with Crippen molar-refractivity contribution < 1.29 is 14.9 Å². The highest BCUT2D eigenvalue weighted by Crippen LogP contribution is 2.71. The summed E-state index contributed by atoms with van der Waals surface area (Å²) in [7, 11) is 3.92. The van der Waals surface area contributed by atoms with E-state index in [0.29, 0.717) is 11.6 Å². The molecule has 3 aliphatic carbocycles.